The van der Waals surface area contributed by atoms with Crippen LogP contribution in [0.3, 0.4) is 0 Å². The number of hydrogen-bond acceptors (Lipinski definition) is 3. The number of nitrogens with zero attached hydrogens (tertiary/aromatic N) is 1. The molecular formula is C12H13NO2. The van der Waals surface area contributed by atoms with Crippen molar-refractivity contribution in [2.24, 2.45) is 0 Å². The first kappa shape index (κ1) is 9.77. The molecule has 1 N–H and O–H groups in total. The molecule has 0 aliphatic rings. The van der Waals surface area contributed by atoms with E-state index in [4.69, 9.17) is 4.74 Å². The molecule has 0 spiro atoms. The molecule has 0 radical (unpaired) electrons. The van der Waals surface area contributed by atoms with Crippen molar-refractivity contribution in [1.29, 1.82) is 0 Å². The van der Waals surface area contributed by atoms with Crippen molar-refractivity contribution in [1.82, 2.24) is 4.98 Å². The molecule has 0 atom stereocenters. The second kappa shape index (κ2) is 3.77. The summed E-state index contributed by atoms with van der Waals surface area (Å²) in [7, 11) is 0. The Kier molecular flexibility index (Phi) is 2.46. The third-order valence-electron chi connectivity index (χ3n) is 2.00. The van der Waals surface area contributed by atoms with Crippen LogP contribution in [0.2, 0.25) is 0 Å². The molecule has 3 nitrogen and oxygen atoms in total. The number of phenols is 1. The Morgan fingerprint density at radius 3 is 2.73 bits per heavy atom. The number of pyridine rings is 1. The minimum atomic E-state index is 0.118. The Bertz CT molecular complexity index is 480. The van der Waals surface area contributed by atoms with Crippen molar-refractivity contribution in [3.63, 3.8) is 0 Å². The maximum absolute atomic E-state index is 9.29. The van der Waals surface area contributed by atoms with Crippen LogP contribution in [0.5, 0.6) is 11.6 Å². The summed E-state index contributed by atoms with van der Waals surface area (Å²) in [5.41, 5.74) is 0.825. The van der Waals surface area contributed by atoms with Gasteiger partial charge < -0.3 is 9.84 Å². The summed E-state index contributed by atoms with van der Waals surface area (Å²) in [6.45, 7) is 3.92. The van der Waals surface area contributed by atoms with Crippen LogP contribution in [-0.4, -0.2) is 16.2 Å². The van der Waals surface area contributed by atoms with Gasteiger partial charge >= 0.3 is 0 Å². The Labute approximate surface area is 88.3 Å². The van der Waals surface area contributed by atoms with Gasteiger partial charge in [-0.1, -0.05) is 0 Å². The second-order valence-corrected chi connectivity index (χ2v) is 3.69. The number of fused-ring (bicyclic) bond motifs is 1. The van der Waals surface area contributed by atoms with Gasteiger partial charge in [0.15, 0.2) is 0 Å². The molecule has 1 aromatic heterocycles. The van der Waals surface area contributed by atoms with E-state index in [2.05, 4.69) is 4.98 Å². The minimum absolute atomic E-state index is 0.118. The van der Waals surface area contributed by atoms with Gasteiger partial charge in [0.1, 0.15) is 5.75 Å². The Morgan fingerprint density at radius 2 is 2.00 bits per heavy atom. The Hall–Kier alpha value is -1.77. The van der Waals surface area contributed by atoms with Crippen molar-refractivity contribution in [3.05, 3.63) is 30.3 Å². The van der Waals surface area contributed by atoms with Crippen LogP contribution in [0, 0.1) is 0 Å². The van der Waals surface area contributed by atoms with E-state index in [1.54, 1.807) is 18.2 Å². The maximum Gasteiger partial charge on any atom is 0.214 e. The highest BCUT2D eigenvalue weighted by Gasteiger charge is 2.01. The van der Waals surface area contributed by atoms with E-state index in [0.717, 1.165) is 10.9 Å². The molecule has 0 saturated heterocycles. The second-order valence-electron chi connectivity index (χ2n) is 3.69. The third-order valence-corrected chi connectivity index (χ3v) is 2.00. The van der Waals surface area contributed by atoms with E-state index >= 15 is 0 Å². The van der Waals surface area contributed by atoms with Gasteiger partial charge in [-0.3, -0.25) is 0 Å². The third kappa shape index (κ3) is 2.18. The van der Waals surface area contributed by atoms with E-state index < -0.39 is 0 Å². The monoisotopic (exact) mass is 203 g/mol. The summed E-state index contributed by atoms with van der Waals surface area (Å²) in [6, 6.07) is 8.77. The minimum Gasteiger partial charge on any atom is -0.508 e. The quantitative estimate of drug-likeness (QED) is 0.816. The van der Waals surface area contributed by atoms with Crippen molar-refractivity contribution in [3.8, 4) is 11.6 Å². The molecule has 0 unspecified atom stereocenters. The van der Waals surface area contributed by atoms with Crippen LogP contribution >= 0.6 is 0 Å². The molecular weight excluding hydrogens is 190 g/mol. The standard InChI is InChI=1S/C12H13NO2/c1-8(2)15-12-6-3-9-7-10(14)4-5-11(9)13-12/h3-8,14H,1-2H3. The van der Waals surface area contributed by atoms with Gasteiger partial charge in [0.05, 0.1) is 11.6 Å². The normalized spacial score (nSPS) is 10.9. The lowest BCUT2D eigenvalue weighted by Crippen LogP contribution is -2.06. The number of ether oxygens (including phenoxy) is 1. The molecule has 0 bridgehead atoms. The van der Waals surface area contributed by atoms with E-state index in [9.17, 15) is 5.11 Å². The average Bonchev–Trinajstić information content (AvgIpc) is 2.17. The Balaban J connectivity index is 2.43. The lowest BCUT2D eigenvalue weighted by Gasteiger charge is -2.08. The number of rotatable bonds is 2. The first-order chi connectivity index (χ1) is 7.15. The van der Waals surface area contributed by atoms with Crippen molar-refractivity contribution in [2.75, 3.05) is 0 Å². The molecule has 2 aromatic rings. The van der Waals surface area contributed by atoms with Crippen LogP contribution in [0.25, 0.3) is 10.9 Å². The molecule has 3 heteroatoms. The maximum atomic E-state index is 9.29. The lowest BCUT2D eigenvalue weighted by atomic mass is 10.2. The smallest absolute Gasteiger partial charge is 0.214 e. The first-order valence-electron chi connectivity index (χ1n) is 4.91. The first-order valence-corrected chi connectivity index (χ1v) is 4.91. The number of hydrogen-bond donors (Lipinski definition) is 1. The van der Waals surface area contributed by atoms with Crippen LogP contribution in [0.1, 0.15) is 13.8 Å². The summed E-state index contributed by atoms with van der Waals surface area (Å²) in [5, 5.41) is 10.2. The zero-order valence-electron chi connectivity index (χ0n) is 8.77. The van der Waals surface area contributed by atoms with Crippen LogP contribution < -0.4 is 4.74 Å². The lowest BCUT2D eigenvalue weighted by molar-refractivity contribution is 0.233. The summed E-state index contributed by atoms with van der Waals surface area (Å²) >= 11 is 0. The van der Waals surface area contributed by atoms with Gasteiger partial charge in [0.25, 0.3) is 0 Å². The molecule has 1 aromatic carbocycles. The molecule has 0 fully saturated rings. The summed E-state index contributed by atoms with van der Waals surface area (Å²) in [6.07, 6.45) is 0.118. The van der Waals surface area contributed by atoms with Crippen LogP contribution in [0.4, 0.5) is 0 Å². The fraction of sp³-hybridized carbons (Fsp3) is 0.250. The average molecular weight is 203 g/mol. The highest BCUT2D eigenvalue weighted by Crippen LogP contribution is 2.21. The van der Waals surface area contributed by atoms with Crippen LogP contribution in [-0.2, 0) is 0 Å². The molecule has 2 rings (SSSR count). The predicted molar refractivity (Wildman–Crippen MR) is 59.2 cm³/mol. The molecule has 1 heterocycles. The Morgan fingerprint density at radius 1 is 1.20 bits per heavy atom. The zero-order chi connectivity index (χ0) is 10.8. The van der Waals surface area contributed by atoms with Gasteiger partial charge in [0.2, 0.25) is 5.88 Å². The van der Waals surface area contributed by atoms with Gasteiger partial charge in [-0.2, -0.15) is 0 Å². The molecule has 15 heavy (non-hydrogen) atoms. The summed E-state index contributed by atoms with van der Waals surface area (Å²) in [5.74, 6) is 0.866. The van der Waals surface area contributed by atoms with Crippen molar-refractivity contribution < 1.29 is 9.84 Å². The molecule has 0 amide bonds. The summed E-state index contributed by atoms with van der Waals surface area (Å²) < 4.78 is 5.48. The fourth-order valence-electron chi connectivity index (χ4n) is 1.40. The molecule has 0 saturated carbocycles. The highest BCUT2D eigenvalue weighted by molar-refractivity contribution is 5.80. The number of phenolic OH excluding ortho intramolecular Hbond substituents is 1. The van der Waals surface area contributed by atoms with Crippen LogP contribution in [0.15, 0.2) is 30.3 Å². The van der Waals surface area contributed by atoms with E-state index in [-0.39, 0.29) is 11.9 Å². The van der Waals surface area contributed by atoms with Crippen molar-refractivity contribution >= 4 is 10.9 Å². The predicted octanol–water partition coefficient (Wildman–Crippen LogP) is 2.73. The molecule has 0 aliphatic heterocycles. The highest BCUT2D eigenvalue weighted by atomic mass is 16.5. The van der Waals surface area contributed by atoms with Crippen molar-refractivity contribution in [2.45, 2.75) is 20.0 Å². The van der Waals surface area contributed by atoms with Gasteiger partial charge in [-0.25, -0.2) is 4.98 Å². The SMILES string of the molecule is CC(C)Oc1ccc2cc(O)ccc2n1. The van der Waals surface area contributed by atoms with Gasteiger partial charge in [-0.15, -0.1) is 0 Å². The molecule has 78 valence electrons. The number of aromatic nitrogens is 1. The molecule has 0 aliphatic carbocycles. The van der Waals surface area contributed by atoms with Gasteiger partial charge in [-0.05, 0) is 38.1 Å². The van der Waals surface area contributed by atoms with E-state index in [0.29, 0.717) is 5.88 Å². The number of benzene rings is 1. The van der Waals surface area contributed by atoms with E-state index in [1.807, 2.05) is 26.0 Å². The number of aromatic hydroxyl groups is 1. The van der Waals surface area contributed by atoms with Gasteiger partial charge in [0, 0.05) is 11.5 Å². The summed E-state index contributed by atoms with van der Waals surface area (Å²) in [4.78, 5) is 4.32. The van der Waals surface area contributed by atoms with E-state index in [1.165, 1.54) is 0 Å². The topological polar surface area (TPSA) is 42.4 Å². The zero-order valence-corrected chi connectivity index (χ0v) is 8.77. The largest absolute Gasteiger partial charge is 0.508 e. The fourth-order valence-corrected chi connectivity index (χ4v) is 1.40.